The van der Waals surface area contributed by atoms with Crippen molar-refractivity contribution in [2.75, 3.05) is 7.11 Å². The first-order valence-electron chi connectivity index (χ1n) is 11.1. The topological polar surface area (TPSA) is 57.0 Å². The first kappa shape index (κ1) is 20.6. The molecule has 6 heteroatoms. The lowest BCUT2D eigenvalue weighted by Crippen LogP contribution is -2.22. The molecular weight excluding hydrogens is 405 g/mol. The number of methoxy groups -OCH3 is 1. The van der Waals surface area contributed by atoms with E-state index < -0.39 is 0 Å². The van der Waals surface area contributed by atoms with Crippen LogP contribution in [0.1, 0.15) is 60.5 Å². The number of hydrogen-bond donors (Lipinski definition) is 0. The maximum absolute atomic E-state index is 13.9. The molecule has 1 aliphatic carbocycles. The van der Waals surface area contributed by atoms with Crippen LogP contribution in [0.2, 0.25) is 0 Å². The van der Waals surface area contributed by atoms with Crippen LogP contribution < -0.4 is 0 Å². The van der Waals surface area contributed by atoms with Crippen LogP contribution in [0.3, 0.4) is 0 Å². The summed E-state index contributed by atoms with van der Waals surface area (Å²) < 4.78 is 20.9. The third-order valence-corrected chi connectivity index (χ3v) is 7.07. The Hall–Kier alpha value is -3.28. The number of esters is 1. The normalized spacial score (nSPS) is 19.8. The maximum atomic E-state index is 13.9. The summed E-state index contributed by atoms with van der Waals surface area (Å²) in [4.78, 5) is 20.9. The van der Waals surface area contributed by atoms with Gasteiger partial charge in [0.15, 0.2) is 0 Å². The van der Waals surface area contributed by atoms with E-state index in [0.717, 1.165) is 47.6 Å². The van der Waals surface area contributed by atoms with Gasteiger partial charge < -0.3 is 9.30 Å². The van der Waals surface area contributed by atoms with Gasteiger partial charge in [0.25, 0.3) is 0 Å². The second-order valence-electron chi connectivity index (χ2n) is 8.76. The molecule has 32 heavy (non-hydrogen) atoms. The van der Waals surface area contributed by atoms with Crippen molar-refractivity contribution in [1.29, 1.82) is 0 Å². The molecular formula is C26H26FN3O2. The van der Waals surface area contributed by atoms with Gasteiger partial charge in [-0.3, -0.25) is 4.98 Å². The number of halogens is 1. The second-order valence-corrected chi connectivity index (χ2v) is 8.76. The number of hydrogen-bond acceptors (Lipinski definition) is 4. The lowest BCUT2D eigenvalue weighted by molar-refractivity contribution is 0.0601. The fourth-order valence-electron chi connectivity index (χ4n) is 5.23. The highest BCUT2D eigenvalue weighted by Gasteiger charge is 2.28. The van der Waals surface area contributed by atoms with Crippen LogP contribution in [0.5, 0.6) is 0 Å². The number of rotatable bonds is 4. The molecule has 2 aromatic heterocycles. The zero-order valence-corrected chi connectivity index (χ0v) is 18.3. The minimum atomic E-state index is -0.339. The minimum absolute atomic E-state index is 0.215. The number of fused-ring (bicyclic) bond motifs is 2. The predicted octanol–water partition coefficient (Wildman–Crippen LogP) is 6.05. The van der Waals surface area contributed by atoms with Crippen LogP contribution in [-0.2, 0) is 4.74 Å². The summed E-state index contributed by atoms with van der Waals surface area (Å²) in [7, 11) is 1.39. The molecule has 2 aromatic carbocycles. The standard InChI is InChI=1S/C26H26FN3O2/c1-16(30-15-29-24-9-7-19(13-25(24)30)26(31)32-2)17-3-5-18(6-4-17)21-11-12-28-23-10-8-20(27)14-22(21)23/h7-18H,3-6H2,1-2H3. The van der Waals surface area contributed by atoms with Crippen LogP contribution in [0.25, 0.3) is 21.9 Å². The highest BCUT2D eigenvalue weighted by Crippen LogP contribution is 2.42. The minimum Gasteiger partial charge on any atom is -0.465 e. The molecule has 1 saturated carbocycles. The zero-order valence-electron chi connectivity index (χ0n) is 18.3. The Labute approximate surface area is 186 Å². The molecule has 5 nitrogen and oxygen atoms in total. The first-order chi connectivity index (χ1) is 15.5. The molecule has 1 fully saturated rings. The predicted molar refractivity (Wildman–Crippen MR) is 122 cm³/mol. The van der Waals surface area contributed by atoms with Crippen molar-refractivity contribution in [2.45, 2.75) is 44.6 Å². The van der Waals surface area contributed by atoms with Gasteiger partial charge in [-0.05, 0) is 92.5 Å². The van der Waals surface area contributed by atoms with Crippen LogP contribution in [0, 0.1) is 11.7 Å². The number of benzene rings is 2. The second kappa shape index (κ2) is 8.34. The van der Waals surface area contributed by atoms with Crippen LogP contribution in [0.4, 0.5) is 4.39 Å². The highest BCUT2D eigenvalue weighted by atomic mass is 19.1. The molecule has 0 amide bonds. The van der Waals surface area contributed by atoms with Gasteiger partial charge in [-0.2, -0.15) is 0 Å². The third-order valence-electron chi connectivity index (χ3n) is 7.07. The van der Waals surface area contributed by atoms with E-state index in [9.17, 15) is 9.18 Å². The van der Waals surface area contributed by atoms with E-state index in [1.807, 2.05) is 30.7 Å². The molecule has 2 heterocycles. The molecule has 0 radical (unpaired) electrons. The highest BCUT2D eigenvalue weighted by molar-refractivity contribution is 5.93. The SMILES string of the molecule is COC(=O)c1ccc2ncn(C(C)C3CCC(c4ccnc5ccc(F)cc45)CC3)c2c1. The summed E-state index contributed by atoms with van der Waals surface area (Å²) in [6, 6.07) is 12.6. The monoisotopic (exact) mass is 431 g/mol. The molecule has 5 rings (SSSR count). The van der Waals surface area contributed by atoms with Gasteiger partial charge >= 0.3 is 5.97 Å². The van der Waals surface area contributed by atoms with Gasteiger partial charge in [-0.25, -0.2) is 14.2 Å². The number of carbonyl (C=O) groups excluding carboxylic acids is 1. The van der Waals surface area contributed by atoms with Gasteiger partial charge in [-0.15, -0.1) is 0 Å². The Kier molecular flexibility index (Phi) is 5.37. The average Bonchev–Trinajstić information content (AvgIpc) is 3.26. The molecule has 0 bridgehead atoms. The van der Waals surface area contributed by atoms with Crippen molar-refractivity contribution in [3.05, 3.63) is 71.9 Å². The Morgan fingerprint density at radius 3 is 2.62 bits per heavy atom. The van der Waals surface area contributed by atoms with E-state index >= 15 is 0 Å². The van der Waals surface area contributed by atoms with Gasteiger partial charge in [0.2, 0.25) is 0 Å². The Morgan fingerprint density at radius 1 is 1.06 bits per heavy atom. The number of imidazole rings is 1. The fraction of sp³-hybridized carbons (Fsp3) is 0.346. The van der Waals surface area contributed by atoms with E-state index in [1.54, 1.807) is 18.2 Å². The maximum Gasteiger partial charge on any atom is 0.337 e. The van der Waals surface area contributed by atoms with Crippen LogP contribution in [0.15, 0.2) is 55.0 Å². The van der Waals surface area contributed by atoms with E-state index in [-0.39, 0.29) is 17.8 Å². The lowest BCUT2D eigenvalue weighted by Gasteiger charge is -2.33. The largest absolute Gasteiger partial charge is 0.465 e. The van der Waals surface area contributed by atoms with Crippen molar-refractivity contribution < 1.29 is 13.9 Å². The smallest absolute Gasteiger partial charge is 0.337 e. The Morgan fingerprint density at radius 2 is 1.84 bits per heavy atom. The third kappa shape index (κ3) is 3.64. The lowest BCUT2D eigenvalue weighted by atomic mass is 9.75. The molecule has 1 aliphatic rings. The molecule has 0 saturated heterocycles. The van der Waals surface area contributed by atoms with Crippen molar-refractivity contribution in [2.24, 2.45) is 5.92 Å². The summed E-state index contributed by atoms with van der Waals surface area (Å²) in [6.07, 6.45) is 8.00. The molecule has 164 valence electrons. The van der Waals surface area contributed by atoms with Crippen molar-refractivity contribution in [3.8, 4) is 0 Å². The molecule has 0 aliphatic heterocycles. The van der Waals surface area contributed by atoms with Crippen molar-refractivity contribution in [1.82, 2.24) is 14.5 Å². The summed E-state index contributed by atoms with van der Waals surface area (Å²) >= 11 is 0. The number of pyridine rings is 1. The summed E-state index contributed by atoms with van der Waals surface area (Å²) in [6.45, 7) is 2.23. The van der Waals surface area contributed by atoms with E-state index in [0.29, 0.717) is 17.4 Å². The van der Waals surface area contributed by atoms with E-state index in [4.69, 9.17) is 4.74 Å². The molecule has 0 spiro atoms. The number of nitrogens with zero attached hydrogens (tertiary/aromatic N) is 3. The van der Waals surface area contributed by atoms with E-state index in [2.05, 4.69) is 21.5 Å². The number of aromatic nitrogens is 3. The Balaban J connectivity index is 1.36. The first-order valence-corrected chi connectivity index (χ1v) is 11.1. The number of carbonyl (C=O) groups is 1. The van der Waals surface area contributed by atoms with Gasteiger partial charge in [0, 0.05) is 17.6 Å². The molecule has 0 N–H and O–H groups in total. The van der Waals surface area contributed by atoms with Crippen molar-refractivity contribution >= 4 is 27.9 Å². The molecule has 1 atom stereocenters. The quantitative estimate of drug-likeness (QED) is 0.369. The van der Waals surface area contributed by atoms with Gasteiger partial charge in [-0.1, -0.05) is 0 Å². The summed E-state index contributed by atoms with van der Waals surface area (Å²) in [5.41, 5.74) is 4.43. The van der Waals surface area contributed by atoms with Crippen molar-refractivity contribution in [3.63, 3.8) is 0 Å². The van der Waals surface area contributed by atoms with Crippen LogP contribution >= 0.6 is 0 Å². The molecule has 4 aromatic rings. The summed E-state index contributed by atoms with van der Waals surface area (Å²) in [5, 5.41) is 0.931. The van der Waals surface area contributed by atoms with E-state index in [1.165, 1.54) is 18.7 Å². The average molecular weight is 432 g/mol. The van der Waals surface area contributed by atoms with Gasteiger partial charge in [0.1, 0.15) is 5.82 Å². The zero-order chi connectivity index (χ0) is 22.2. The summed E-state index contributed by atoms with van der Waals surface area (Å²) in [5.74, 6) is 0.368. The fourth-order valence-corrected chi connectivity index (χ4v) is 5.23. The van der Waals surface area contributed by atoms with Gasteiger partial charge in [0.05, 0.1) is 35.6 Å². The molecule has 1 unspecified atom stereocenters. The number of ether oxygens (including phenoxy) is 1. The Bertz CT molecular complexity index is 1290. The van der Waals surface area contributed by atoms with Crippen LogP contribution in [-0.4, -0.2) is 27.6 Å².